The van der Waals surface area contributed by atoms with Crippen LogP contribution in [0.25, 0.3) is 0 Å². The molecule has 0 radical (unpaired) electrons. The Kier molecular flexibility index (Phi) is 4.01. The van der Waals surface area contributed by atoms with Crippen LogP contribution in [-0.4, -0.2) is 26.5 Å². The average Bonchev–Trinajstić information content (AvgIpc) is 2.01. The van der Waals surface area contributed by atoms with Crippen LogP contribution < -0.4 is 5.32 Å². The highest BCUT2D eigenvalue weighted by molar-refractivity contribution is 6.76. The molecule has 1 aliphatic heterocycles. The lowest BCUT2D eigenvalue weighted by molar-refractivity contribution is 0.202. The van der Waals surface area contributed by atoms with Crippen molar-refractivity contribution in [2.24, 2.45) is 4.99 Å². The summed E-state index contributed by atoms with van der Waals surface area (Å²) in [4.78, 5) is 3.92. The van der Waals surface area contributed by atoms with E-state index in [1.165, 1.54) is 0 Å². The molecule has 1 atom stereocenters. The van der Waals surface area contributed by atoms with Gasteiger partial charge in [-0.3, -0.25) is 4.99 Å². The molecule has 1 rings (SSSR count). The van der Waals surface area contributed by atoms with Crippen LogP contribution in [0.1, 0.15) is 0 Å². The number of nitrogens with zero attached hydrogens (tertiary/aromatic N) is 1. The molecule has 3 nitrogen and oxygen atoms in total. The monoisotopic (exact) mass is 232 g/mol. The van der Waals surface area contributed by atoms with Crippen molar-refractivity contribution in [3.8, 4) is 0 Å². The van der Waals surface area contributed by atoms with Crippen LogP contribution in [0.4, 0.5) is 0 Å². The zero-order valence-corrected chi connectivity index (χ0v) is 10.6. The van der Waals surface area contributed by atoms with Crippen LogP contribution in [0.15, 0.2) is 17.0 Å². The molecule has 0 aromatic carbocycles. The molecule has 1 heterocycles. The molecule has 1 N–H and O–H groups in total. The summed E-state index contributed by atoms with van der Waals surface area (Å²) < 4.78 is 5.54. The van der Waals surface area contributed by atoms with Gasteiger partial charge in [-0.15, -0.1) is 0 Å². The van der Waals surface area contributed by atoms with E-state index < -0.39 is 8.07 Å². The van der Waals surface area contributed by atoms with Gasteiger partial charge in [0.05, 0.1) is 6.61 Å². The van der Waals surface area contributed by atoms with E-state index in [0.717, 1.165) is 18.5 Å². The van der Waals surface area contributed by atoms with Crippen molar-refractivity contribution in [3.05, 3.63) is 12.0 Å². The second kappa shape index (κ2) is 4.84. The molecule has 0 spiro atoms. The third-order valence-corrected chi connectivity index (χ3v) is 3.74. The Balaban J connectivity index is 2.25. The van der Waals surface area contributed by atoms with Crippen LogP contribution in [0, 0.1) is 0 Å². The highest BCUT2D eigenvalue weighted by Gasteiger charge is 2.14. The minimum absolute atomic E-state index is 0.387. The highest BCUT2D eigenvalue weighted by atomic mass is 35.5. The van der Waals surface area contributed by atoms with Gasteiger partial charge in [-0.25, -0.2) is 0 Å². The van der Waals surface area contributed by atoms with E-state index in [4.69, 9.17) is 16.3 Å². The van der Waals surface area contributed by atoms with Crippen LogP contribution in [0.2, 0.25) is 25.7 Å². The molecule has 0 aliphatic carbocycles. The van der Waals surface area contributed by atoms with E-state index in [1.54, 1.807) is 12.3 Å². The SMILES string of the molecule is C[Si](C)(C)CCOC1=CC=NC(Cl)N1. The standard InChI is InChI=1S/C9H17ClN2OSi/c1-14(2,3)7-6-13-8-4-5-11-9(10)12-8/h4-5,9,12H,6-7H2,1-3H3. The molecule has 14 heavy (non-hydrogen) atoms. The number of hydrogen-bond donors (Lipinski definition) is 1. The van der Waals surface area contributed by atoms with Crippen LogP contribution in [0.5, 0.6) is 0 Å². The summed E-state index contributed by atoms with van der Waals surface area (Å²) >= 11 is 5.76. The maximum absolute atomic E-state index is 5.76. The predicted octanol–water partition coefficient (Wildman–Crippen LogP) is 2.38. The van der Waals surface area contributed by atoms with E-state index >= 15 is 0 Å². The lowest BCUT2D eigenvalue weighted by Gasteiger charge is -2.19. The van der Waals surface area contributed by atoms with Gasteiger partial charge in [-0.2, -0.15) is 0 Å². The van der Waals surface area contributed by atoms with Crippen LogP contribution in [-0.2, 0) is 4.74 Å². The van der Waals surface area contributed by atoms with Crippen LogP contribution >= 0.6 is 11.6 Å². The third-order valence-electron chi connectivity index (χ3n) is 1.81. The van der Waals surface area contributed by atoms with Gasteiger partial charge in [-0.05, 0) is 6.04 Å². The van der Waals surface area contributed by atoms with Gasteiger partial charge in [0.2, 0.25) is 0 Å². The number of ether oxygens (including phenoxy) is 1. The minimum atomic E-state index is -1.01. The largest absolute Gasteiger partial charge is 0.479 e. The van der Waals surface area contributed by atoms with E-state index in [2.05, 4.69) is 30.0 Å². The van der Waals surface area contributed by atoms with Crippen molar-refractivity contribution >= 4 is 25.9 Å². The molecule has 1 unspecified atom stereocenters. The fourth-order valence-corrected chi connectivity index (χ4v) is 1.83. The molecule has 0 saturated carbocycles. The zero-order chi connectivity index (χ0) is 10.6. The first-order valence-electron chi connectivity index (χ1n) is 4.74. The molecular weight excluding hydrogens is 216 g/mol. The summed E-state index contributed by atoms with van der Waals surface area (Å²) in [5.41, 5.74) is -0.387. The first-order valence-corrected chi connectivity index (χ1v) is 8.89. The lowest BCUT2D eigenvalue weighted by Crippen LogP contribution is -2.28. The van der Waals surface area contributed by atoms with Gasteiger partial charge < -0.3 is 10.1 Å². The van der Waals surface area contributed by atoms with Crippen LogP contribution in [0.3, 0.4) is 0 Å². The summed E-state index contributed by atoms with van der Waals surface area (Å²) in [5, 5.41) is 2.92. The van der Waals surface area contributed by atoms with Crippen molar-refractivity contribution < 1.29 is 4.74 Å². The summed E-state index contributed by atoms with van der Waals surface area (Å²) in [6.45, 7) is 7.73. The van der Waals surface area contributed by atoms with Crippen molar-refractivity contribution in [3.63, 3.8) is 0 Å². The number of allylic oxidation sites excluding steroid dienone is 1. The topological polar surface area (TPSA) is 33.6 Å². The number of nitrogens with one attached hydrogen (secondary N) is 1. The predicted molar refractivity (Wildman–Crippen MR) is 63.5 cm³/mol. The van der Waals surface area contributed by atoms with E-state index in [0.29, 0.717) is 0 Å². The summed E-state index contributed by atoms with van der Waals surface area (Å²) in [7, 11) is -1.01. The maximum atomic E-state index is 5.76. The van der Waals surface area contributed by atoms with Gasteiger partial charge in [0.15, 0.2) is 11.5 Å². The molecular formula is C9H17ClN2OSi. The van der Waals surface area contributed by atoms with Gasteiger partial charge in [-0.1, -0.05) is 31.2 Å². The molecule has 0 aromatic rings. The first kappa shape index (κ1) is 11.6. The second-order valence-electron chi connectivity index (χ2n) is 4.47. The third kappa shape index (κ3) is 4.67. The Bertz CT molecular complexity index is 248. The van der Waals surface area contributed by atoms with Gasteiger partial charge in [0, 0.05) is 20.4 Å². The lowest BCUT2D eigenvalue weighted by atomic mass is 10.5. The molecule has 1 aliphatic rings. The second-order valence-corrected chi connectivity index (χ2v) is 10.5. The molecule has 80 valence electrons. The smallest absolute Gasteiger partial charge is 0.197 e. The minimum Gasteiger partial charge on any atom is -0.479 e. The summed E-state index contributed by atoms with van der Waals surface area (Å²) in [6, 6.07) is 1.15. The van der Waals surface area contributed by atoms with E-state index in [-0.39, 0.29) is 5.62 Å². The Hall–Kier alpha value is -0.483. The fourth-order valence-electron chi connectivity index (χ4n) is 0.946. The van der Waals surface area contributed by atoms with Crippen molar-refractivity contribution in [2.75, 3.05) is 6.61 Å². The summed E-state index contributed by atoms with van der Waals surface area (Å²) in [6.07, 6.45) is 3.46. The first-order chi connectivity index (χ1) is 6.47. The molecule has 0 amide bonds. The number of hydrogen-bond acceptors (Lipinski definition) is 3. The highest BCUT2D eigenvalue weighted by Crippen LogP contribution is 2.10. The van der Waals surface area contributed by atoms with Crippen molar-refractivity contribution in [1.29, 1.82) is 0 Å². The molecule has 5 heteroatoms. The van der Waals surface area contributed by atoms with Crippen molar-refractivity contribution in [1.82, 2.24) is 5.32 Å². The zero-order valence-electron chi connectivity index (χ0n) is 8.88. The average molecular weight is 233 g/mol. The fraction of sp³-hybridized carbons (Fsp3) is 0.667. The number of rotatable bonds is 4. The van der Waals surface area contributed by atoms with Gasteiger partial charge in [0.1, 0.15) is 0 Å². The normalized spacial score (nSPS) is 21.4. The van der Waals surface area contributed by atoms with Gasteiger partial charge in [0.25, 0.3) is 0 Å². The Morgan fingerprint density at radius 3 is 2.86 bits per heavy atom. The van der Waals surface area contributed by atoms with E-state index in [1.807, 2.05) is 0 Å². The van der Waals surface area contributed by atoms with Gasteiger partial charge >= 0.3 is 0 Å². The maximum Gasteiger partial charge on any atom is 0.197 e. The molecule has 0 bridgehead atoms. The Morgan fingerprint density at radius 1 is 1.57 bits per heavy atom. The number of alkyl halides is 1. The summed E-state index contributed by atoms with van der Waals surface area (Å²) in [5.74, 6) is 0.721. The Morgan fingerprint density at radius 2 is 2.29 bits per heavy atom. The Labute approximate surface area is 91.2 Å². The number of aliphatic imine (C=N–C) groups is 1. The quantitative estimate of drug-likeness (QED) is 0.459. The molecule has 0 fully saturated rings. The van der Waals surface area contributed by atoms with E-state index in [9.17, 15) is 0 Å². The van der Waals surface area contributed by atoms with Crippen molar-refractivity contribution in [2.45, 2.75) is 31.3 Å². The number of halogens is 1. The molecule has 0 aromatic heterocycles. The molecule has 0 saturated heterocycles.